The molecule has 0 N–H and O–H groups in total. The largest absolute Gasteiger partial charge is 0.342 e. The van der Waals surface area contributed by atoms with Crippen LogP contribution in [0.1, 0.15) is 12.8 Å². The molecule has 2 bridgehead atoms. The molecule has 2 aromatic heterocycles. The highest BCUT2D eigenvalue weighted by Gasteiger charge is 2.31. The number of hydrogen-bond donors (Lipinski definition) is 0. The summed E-state index contributed by atoms with van der Waals surface area (Å²) in [5.41, 5.74) is 0. The first-order valence-electron chi connectivity index (χ1n) is 6.98. The van der Waals surface area contributed by atoms with Crippen LogP contribution in [-0.2, 0) is 7.05 Å². The third kappa shape index (κ3) is 2.08. The first-order valence-corrected chi connectivity index (χ1v) is 7.80. The van der Waals surface area contributed by atoms with Gasteiger partial charge in [0, 0.05) is 39.3 Å². The summed E-state index contributed by atoms with van der Waals surface area (Å²) in [5.74, 6) is 0.666. The van der Waals surface area contributed by atoms with Crippen LogP contribution in [0, 0.1) is 0 Å². The van der Waals surface area contributed by atoms with Gasteiger partial charge in [0.2, 0.25) is 11.0 Å². The van der Waals surface area contributed by atoms with E-state index in [0.717, 1.165) is 23.2 Å². The zero-order valence-corrected chi connectivity index (χ0v) is 12.3. The Bertz CT molecular complexity index is 598. The molecule has 5 rings (SSSR count). The van der Waals surface area contributed by atoms with Gasteiger partial charge >= 0.3 is 0 Å². The van der Waals surface area contributed by atoms with Crippen LogP contribution in [0.5, 0.6) is 0 Å². The van der Waals surface area contributed by atoms with Crippen molar-refractivity contribution in [1.29, 1.82) is 0 Å². The van der Waals surface area contributed by atoms with Crippen molar-refractivity contribution in [2.45, 2.75) is 18.9 Å². The maximum Gasteiger partial charge on any atom is 0.212 e. The van der Waals surface area contributed by atoms with Gasteiger partial charge in [-0.3, -0.25) is 4.68 Å². The molecule has 0 aliphatic carbocycles. The van der Waals surface area contributed by atoms with E-state index >= 15 is 0 Å². The third-order valence-electron chi connectivity index (χ3n) is 4.11. The van der Waals surface area contributed by atoms with Crippen molar-refractivity contribution < 1.29 is 0 Å². The molecule has 7 nitrogen and oxygen atoms in total. The smallest absolute Gasteiger partial charge is 0.212 e. The van der Waals surface area contributed by atoms with Gasteiger partial charge in [0.15, 0.2) is 5.01 Å². The Hall–Kier alpha value is -1.54. The summed E-state index contributed by atoms with van der Waals surface area (Å²) in [7, 11) is 1.86. The number of piperidine rings is 1. The number of hydrogen-bond acceptors (Lipinski definition) is 7. The first-order chi connectivity index (χ1) is 9.79. The Morgan fingerprint density at radius 1 is 1.15 bits per heavy atom. The van der Waals surface area contributed by atoms with E-state index in [9.17, 15) is 0 Å². The Labute approximate surface area is 121 Å². The number of nitrogens with zero attached hydrogens (tertiary/aromatic N) is 7. The SMILES string of the molecule is Cn1cnc(-c2nnc(N3CCN4CCC3CC4)s2)n1. The Morgan fingerprint density at radius 2 is 2.00 bits per heavy atom. The molecule has 3 saturated heterocycles. The third-order valence-corrected chi connectivity index (χ3v) is 5.06. The van der Waals surface area contributed by atoms with E-state index in [2.05, 4.69) is 30.1 Å². The monoisotopic (exact) mass is 291 g/mol. The van der Waals surface area contributed by atoms with Crippen LogP contribution in [0.15, 0.2) is 6.33 Å². The van der Waals surface area contributed by atoms with Crippen molar-refractivity contribution in [3.05, 3.63) is 6.33 Å². The summed E-state index contributed by atoms with van der Waals surface area (Å²) in [6.45, 7) is 4.62. The lowest BCUT2D eigenvalue weighted by Gasteiger charge is -2.30. The summed E-state index contributed by atoms with van der Waals surface area (Å²) in [6.07, 6.45) is 4.16. The lowest BCUT2D eigenvalue weighted by Crippen LogP contribution is -2.37. The molecule has 0 unspecified atom stereocenters. The molecular weight excluding hydrogens is 274 g/mol. The summed E-state index contributed by atoms with van der Waals surface area (Å²) in [4.78, 5) is 9.21. The second-order valence-electron chi connectivity index (χ2n) is 5.40. The number of aryl methyl sites for hydroxylation is 1. The average molecular weight is 291 g/mol. The average Bonchev–Trinajstić information content (AvgIpc) is 3.01. The second kappa shape index (κ2) is 4.78. The van der Waals surface area contributed by atoms with Gasteiger partial charge in [0.05, 0.1) is 0 Å². The highest BCUT2D eigenvalue weighted by atomic mass is 32.1. The maximum atomic E-state index is 4.37. The topological polar surface area (TPSA) is 63.0 Å². The van der Waals surface area contributed by atoms with Gasteiger partial charge in [0.1, 0.15) is 6.33 Å². The van der Waals surface area contributed by atoms with Crippen molar-refractivity contribution >= 4 is 16.5 Å². The van der Waals surface area contributed by atoms with Crippen LogP contribution >= 0.6 is 11.3 Å². The molecule has 3 aliphatic rings. The van der Waals surface area contributed by atoms with Gasteiger partial charge in [-0.05, 0) is 12.8 Å². The highest BCUT2D eigenvalue weighted by Crippen LogP contribution is 2.31. The molecule has 5 heterocycles. The molecule has 0 aromatic carbocycles. The standard InChI is InChI=1S/C12H17N7S/c1-17-8-13-10(16-17)11-14-15-12(20-11)19-7-6-18-4-2-9(19)3-5-18/h8-9H,2-7H2,1H3. The van der Waals surface area contributed by atoms with Crippen LogP contribution in [0.25, 0.3) is 10.8 Å². The fourth-order valence-corrected chi connectivity index (χ4v) is 3.88. The van der Waals surface area contributed by atoms with E-state index in [1.807, 2.05) is 7.05 Å². The van der Waals surface area contributed by atoms with Crippen LogP contribution < -0.4 is 4.90 Å². The maximum absolute atomic E-state index is 4.37. The molecule has 8 heteroatoms. The minimum Gasteiger partial charge on any atom is -0.342 e. The molecule has 3 aliphatic heterocycles. The van der Waals surface area contributed by atoms with E-state index in [-0.39, 0.29) is 0 Å². The van der Waals surface area contributed by atoms with Gasteiger partial charge < -0.3 is 9.80 Å². The second-order valence-corrected chi connectivity index (χ2v) is 6.35. The lowest BCUT2D eigenvalue weighted by atomic mass is 10.1. The molecular formula is C12H17N7S. The van der Waals surface area contributed by atoms with E-state index in [1.54, 1.807) is 22.3 Å². The van der Waals surface area contributed by atoms with Gasteiger partial charge in [-0.25, -0.2) is 4.98 Å². The molecule has 2 aromatic rings. The summed E-state index contributed by atoms with van der Waals surface area (Å²) in [5, 5.41) is 14.7. The Kier molecular flexibility index (Phi) is 2.92. The predicted octanol–water partition coefficient (Wildman–Crippen LogP) is 0.618. The van der Waals surface area contributed by atoms with E-state index in [1.165, 1.54) is 25.9 Å². The molecule has 0 radical (unpaired) electrons. The van der Waals surface area contributed by atoms with Gasteiger partial charge in [-0.1, -0.05) is 11.3 Å². The summed E-state index contributed by atoms with van der Waals surface area (Å²) >= 11 is 1.60. The van der Waals surface area contributed by atoms with Crippen molar-refractivity contribution in [3.8, 4) is 10.8 Å². The molecule has 20 heavy (non-hydrogen) atoms. The molecule has 0 amide bonds. The molecule has 0 atom stereocenters. The number of rotatable bonds is 2. The zero-order valence-electron chi connectivity index (χ0n) is 11.4. The highest BCUT2D eigenvalue weighted by molar-refractivity contribution is 7.18. The normalized spacial score (nSPS) is 25.9. The molecule has 3 fully saturated rings. The fourth-order valence-electron chi connectivity index (χ4n) is 3.00. The Morgan fingerprint density at radius 3 is 2.75 bits per heavy atom. The minimum absolute atomic E-state index is 0.617. The van der Waals surface area contributed by atoms with E-state index in [4.69, 9.17) is 0 Å². The van der Waals surface area contributed by atoms with Gasteiger partial charge in [-0.2, -0.15) is 0 Å². The van der Waals surface area contributed by atoms with Crippen molar-refractivity contribution in [2.75, 3.05) is 31.1 Å². The van der Waals surface area contributed by atoms with E-state index in [0.29, 0.717) is 11.9 Å². The number of aromatic nitrogens is 5. The Balaban J connectivity index is 1.61. The van der Waals surface area contributed by atoms with Gasteiger partial charge in [-0.15, -0.1) is 15.3 Å². The van der Waals surface area contributed by atoms with Crippen molar-refractivity contribution in [2.24, 2.45) is 7.05 Å². The minimum atomic E-state index is 0.617. The first kappa shape index (κ1) is 12.2. The lowest BCUT2D eigenvalue weighted by molar-refractivity contribution is 0.250. The number of anilines is 1. The van der Waals surface area contributed by atoms with Crippen molar-refractivity contribution in [1.82, 2.24) is 29.9 Å². The van der Waals surface area contributed by atoms with Crippen molar-refractivity contribution in [3.63, 3.8) is 0 Å². The number of fused-ring (bicyclic) bond motifs is 4. The summed E-state index contributed by atoms with van der Waals surface area (Å²) < 4.78 is 1.69. The van der Waals surface area contributed by atoms with Crippen LogP contribution in [-0.4, -0.2) is 62.1 Å². The zero-order chi connectivity index (χ0) is 13.5. The fraction of sp³-hybridized carbons (Fsp3) is 0.667. The quantitative estimate of drug-likeness (QED) is 0.808. The molecule has 0 saturated carbocycles. The molecule has 106 valence electrons. The van der Waals surface area contributed by atoms with Gasteiger partial charge in [0.25, 0.3) is 0 Å². The predicted molar refractivity (Wildman–Crippen MR) is 76.7 cm³/mol. The van der Waals surface area contributed by atoms with Crippen LogP contribution in [0.4, 0.5) is 5.13 Å². The van der Waals surface area contributed by atoms with Crippen LogP contribution in [0.3, 0.4) is 0 Å². The summed E-state index contributed by atoms with van der Waals surface area (Å²) in [6, 6.07) is 0.617. The van der Waals surface area contributed by atoms with Crippen LogP contribution in [0.2, 0.25) is 0 Å². The van der Waals surface area contributed by atoms with E-state index < -0.39 is 0 Å². The molecule has 0 spiro atoms.